The van der Waals surface area contributed by atoms with E-state index in [2.05, 4.69) is 20.4 Å². The molecule has 0 aromatic carbocycles. The SMILES string of the molecule is Cn1nnc(-c2nc3c(n2C(F)F)CN(C(=O)O)C3C(C)(C)C)n1. The first-order valence-electron chi connectivity index (χ1n) is 7.24. The third-order valence-electron chi connectivity index (χ3n) is 3.90. The van der Waals surface area contributed by atoms with Crippen LogP contribution in [-0.4, -0.2) is 45.9 Å². The number of amides is 1. The first-order chi connectivity index (χ1) is 11.1. The van der Waals surface area contributed by atoms with Gasteiger partial charge < -0.3 is 5.11 Å². The minimum absolute atomic E-state index is 0.0262. The lowest BCUT2D eigenvalue weighted by Crippen LogP contribution is -2.36. The second-order valence-electron chi connectivity index (χ2n) is 6.70. The fourth-order valence-corrected chi connectivity index (χ4v) is 3.06. The fourth-order valence-electron chi connectivity index (χ4n) is 3.06. The lowest BCUT2D eigenvalue weighted by molar-refractivity contribution is 0.0633. The molecule has 1 aliphatic rings. The van der Waals surface area contributed by atoms with Gasteiger partial charge in [0.2, 0.25) is 5.82 Å². The van der Waals surface area contributed by atoms with E-state index in [0.717, 1.165) is 9.70 Å². The maximum Gasteiger partial charge on any atom is 0.408 e. The number of nitrogens with zero attached hydrogens (tertiary/aromatic N) is 7. The number of imidazole rings is 1. The Morgan fingerprint density at radius 3 is 2.50 bits per heavy atom. The number of aromatic nitrogens is 6. The molecular weight excluding hydrogens is 324 g/mol. The van der Waals surface area contributed by atoms with Crippen LogP contribution in [0.15, 0.2) is 0 Å². The number of alkyl halides is 2. The summed E-state index contributed by atoms with van der Waals surface area (Å²) in [5.74, 6) is -0.135. The van der Waals surface area contributed by atoms with Gasteiger partial charge in [-0.15, -0.1) is 10.2 Å². The number of hydrogen-bond donors (Lipinski definition) is 1. The van der Waals surface area contributed by atoms with Gasteiger partial charge in [0.15, 0.2) is 5.82 Å². The Kier molecular flexibility index (Phi) is 3.53. The monoisotopic (exact) mass is 341 g/mol. The van der Waals surface area contributed by atoms with Crippen molar-refractivity contribution in [2.24, 2.45) is 12.5 Å². The number of carbonyl (C=O) groups is 1. The van der Waals surface area contributed by atoms with E-state index in [0.29, 0.717) is 10.3 Å². The van der Waals surface area contributed by atoms with Gasteiger partial charge in [-0.2, -0.15) is 13.6 Å². The summed E-state index contributed by atoms with van der Waals surface area (Å²) in [6.07, 6.45) is -1.17. The summed E-state index contributed by atoms with van der Waals surface area (Å²) >= 11 is 0. The number of aryl methyl sites for hydroxylation is 1. The van der Waals surface area contributed by atoms with Crippen molar-refractivity contribution in [3.8, 4) is 11.6 Å². The lowest BCUT2D eigenvalue weighted by Gasteiger charge is -2.32. The zero-order valence-electron chi connectivity index (χ0n) is 13.6. The van der Waals surface area contributed by atoms with Crippen LogP contribution in [0, 0.1) is 5.41 Å². The predicted octanol–water partition coefficient (Wildman–Crippen LogP) is 2.05. The van der Waals surface area contributed by atoms with E-state index >= 15 is 0 Å². The van der Waals surface area contributed by atoms with Crippen LogP contribution in [0.5, 0.6) is 0 Å². The Morgan fingerprint density at radius 1 is 1.38 bits per heavy atom. The molecule has 3 heterocycles. The minimum Gasteiger partial charge on any atom is -0.465 e. The van der Waals surface area contributed by atoms with Crippen molar-refractivity contribution in [3.05, 3.63) is 11.4 Å². The van der Waals surface area contributed by atoms with E-state index < -0.39 is 24.1 Å². The average molecular weight is 341 g/mol. The summed E-state index contributed by atoms with van der Waals surface area (Å²) in [5, 5.41) is 20.7. The number of fused-ring (bicyclic) bond motifs is 1. The molecule has 9 nitrogen and oxygen atoms in total. The highest BCUT2D eigenvalue weighted by Crippen LogP contribution is 2.46. The highest BCUT2D eigenvalue weighted by atomic mass is 19.3. The van der Waals surface area contributed by atoms with Crippen molar-refractivity contribution in [1.82, 2.24) is 34.7 Å². The zero-order valence-corrected chi connectivity index (χ0v) is 13.6. The molecule has 0 aliphatic carbocycles. The molecule has 1 N–H and O–H groups in total. The van der Waals surface area contributed by atoms with Crippen LogP contribution in [-0.2, 0) is 13.6 Å². The third-order valence-corrected chi connectivity index (χ3v) is 3.90. The minimum atomic E-state index is -2.89. The summed E-state index contributed by atoms with van der Waals surface area (Å²) in [5.41, 5.74) is -0.0414. The van der Waals surface area contributed by atoms with Crippen LogP contribution in [0.4, 0.5) is 13.6 Å². The van der Waals surface area contributed by atoms with Crippen molar-refractivity contribution in [2.45, 2.75) is 39.9 Å². The van der Waals surface area contributed by atoms with Gasteiger partial charge in [-0.3, -0.25) is 9.47 Å². The molecule has 2 aromatic rings. The molecule has 2 aromatic heterocycles. The first kappa shape index (κ1) is 16.3. The van der Waals surface area contributed by atoms with Gasteiger partial charge in [-0.25, -0.2) is 9.78 Å². The van der Waals surface area contributed by atoms with E-state index in [9.17, 15) is 18.7 Å². The Morgan fingerprint density at radius 2 is 2.04 bits per heavy atom. The van der Waals surface area contributed by atoms with Gasteiger partial charge in [0.25, 0.3) is 0 Å². The quantitative estimate of drug-likeness (QED) is 0.897. The Hall–Kier alpha value is -2.59. The van der Waals surface area contributed by atoms with Gasteiger partial charge in [0.1, 0.15) is 0 Å². The number of halogens is 2. The highest BCUT2D eigenvalue weighted by Gasteiger charge is 2.46. The smallest absolute Gasteiger partial charge is 0.408 e. The molecule has 1 unspecified atom stereocenters. The standard InChI is InChI=1S/C13H17F2N7O2/c1-13(2,3)8-7-6(5-21(8)12(23)24)22(11(14)15)10(16-7)9-17-19-20(4)18-9/h8,11H,5H2,1-4H3,(H,23,24). The molecule has 1 amide bonds. The van der Waals surface area contributed by atoms with Gasteiger partial charge >= 0.3 is 12.6 Å². The van der Waals surface area contributed by atoms with Crippen LogP contribution < -0.4 is 0 Å². The average Bonchev–Trinajstić information content (AvgIpc) is 3.07. The van der Waals surface area contributed by atoms with Crippen LogP contribution in [0.3, 0.4) is 0 Å². The van der Waals surface area contributed by atoms with Crippen molar-refractivity contribution >= 4 is 6.09 Å². The van der Waals surface area contributed by atoms with Crippen LogP contribution in [0.2, 0.25) is 0 Å². The Balaban J connectivity index is 2.20. The van der Waals surface area contributed by atoms with Crippen LogP contribution >= 0.6 is 0 Å². The van der Waals surface area contributed by atoms with E-state index in [1.54, 1.807) is 0 Å². The van der Waals surface area contributed by atoms with Gasteiger partial charge in [-0.05, 0) is 10.6 Å². The molecule has 1 aliphatic heterocycles. The number of tetrazole rings is 1. The van der Waals surface area contributed by atoms with Crippen molar-refractivity contribution < 1.29 is 18.7 Å². The fraction of sp³-hybridized carbons (Fsp3) is 0.615. The molecule has 130 valence electrons. The summed E-state index contributed by atoms with van der Waals surface area (Å²) < 4.78 is 28.0. The van der Waals surface area contributed by atoms with Crippen LogP contribution in [0.1, 0.15) is 44.8 Å². The molecule has 0 saturated carbocycles. The third kappa shape index (κ3) is 2.39. The van der Waals surface area contributed by atoms with Crippen LogP contribution in [0.25, 0.3) is 11.6 Å². The van der Waals surface area contributed by atoms with Crippen molar-refractivity contribution in [2.75, 3.05) is 0 Å². The lowest BCUT2D eigenvalue weighted by atomic mass is 9.85. The van der Waals surface area contributed by atoms with Crippen molar-refractivity contribution in [1.29, 1.82) is 0 Å². The molecule has 11 heteroatoms. The molecule has 0 spiro atoms. The summed E-state index contributed by atoms with van der Waals surface area (Å²) in [6, 6.07) is -0.638. The predicted molar refractivity (Wildman–Crippen MR) is 77.0 cm³/mol. The van der Waals surface area contributed by atoms with E-state index in [1.807, 2.05) is 20.8 Å². The van der Waals surface area contributed by atoms with Gasteiger partial charge in [0, 0.05) is 0 Å². The summed E-state index contributed by atoms with van der Waals surface area (Å²) in [4.78, 5) is 18.1. The maximum absolute atomic E-state index is 13.6. The molecule has 0 bridgehead atoms. The zero-order chi connectivity index (χ0) is 17.8. The number of carboxylic acid groups (broad SMARTS) is 1. The molecular formula is C13H17F2N7O2. The normalized spacial score (nSPS) is 17.6. The maximum atomic E-state index is 13.6. The second-order valence-corrected chi connectivity index (χ2v) is 6.70. The molecule has 3 rings (SSSR count). The molecule has 24 heavy (non-hydrogen) atoms. The van der Waals surface area contributed by atoms with Gasteiger partial charge in [0.05, 0.1) is 31.0 Å². The largest absolute Gasteiger partial charge is 0.465 e. The second kappa shape index (κ2) is 5.21. The van der Waals surface area contributed by atoms with E-state index in [4.69, 9.17) is 0 Å². The molecule has 0 fully saturated rings. The molecule has 0 saturated heterocycles. The molecule has 0 radical (unpaired) electrons. The highest BCUT2D eigenvalue weighted by molar-refractivity contribution is 5.67. The van der Waals surface area contributed by atoms with E-state index in [-0.39, 0.29) is 23.9 Å². The van der Waals surface area contributed by atoms with Gasteiger partial charge in [-0.1, -0.05) is 20.8 Å². The van der Waals surface area contributed by atoms with E-state index in [1.165, 1.54) is 7.05 Å². The number of rotatable bonds is 2. The number of hydrogen-bond acceptors (Lipinski definition) is 5. The van der Waals surface area contributed by atoms with Crippen molar-refractivity contribution in [3.63, 3.8) is 0 Å². The first-order valence-corrected chi connectivity index (χ1v) is 7.24. The summed E-state index contributed by atoms with van der Waals surface area (Å²) in [6.45, 7) is 2.46. The topological polar surface area (TPSA) is 102 Å². The Labute approximate surface area is 135 Å². The Bertz CT molecular complexity index is 793. The summed E-state index contributed by atoms with van der Waals surface area (Å²) in [7, 11) is 1.52. The molecule has 1 atom stereocenters.